The summed E-state index contributed by atoms with van der Waals surface area (Å²) in [5.41, 5.74) is 1.93. The van der Waals surface area contributed by atoms with Crippen LogP contribution in [0.25, 0.3) is 6.08 Å². The van der Waals surface area contributed by atoms with Gasteiger partial charge in [-0.15, -0.1) is 0 Å². The van der Waals surface area contributed by atoms with E-state index in [-0.39, 0.29) is 0 Å². The van der Waals surface area contributed by atoms with Gasteiger partial charge in [0.25, 0.3) is 0 Å². The molecule has 116 valence electrons. The van der Waals surface area contributed by atoms with Crippen LogP contribution in [0.15, 0.2) is 24.3 Å². The number of carboxylic acids is 1. The molecule has 21 heavy (non-hydrogen) atoms. The van der Waals surface area contributed by atoms with Crippen LogP contribution < -0.4 is 4.74 Å². The minimum atomic E-state index is -0.943. The van der Waals surface area contributed by atoms with Crippen molar-refractivity contribution >= 4 is 12.0 Å². The van der Waals surface area contributed by atoms with E-state index in [9.17, 15) is 4.79 Å². The molecule has 0 radical (unpaired) electrons. The van der Waals surface area contributed by atoms with E-state index >= 15 is 0 Å². The normalized spacial score (nSPS) is 11.5. The number of ether oxygens (including phenoxy) is 1. The molecule has 1 aromatic rings. The molecule has 0 bridgehead atoms. The molecule has 1 aromatic carbocycles. The van der Waals surface area contributed by atoms with Crippen molar-refractivity contribution in [3.05, 3.63) is 35.4 Å². The molecule has 0 spiro atoms. The maximum Gasteiger partial charge on any atom is 0.328 e. The van der Waals surface area contributed by atoms with E-state index in [1.807, 2.05) is 18.2 Å². The highest BCUT2D eigenvalue weighted by atomic mass is 16.5. The molecule has 0 aromatic heterocycles. The van der Waals surface area contributed by atoms with Crippen LogP contribution >= 0.6 is 0 Å². The fraction of sp³-hybridized carbons (Fsp3) is 0.471. The maximum atomic E-state index is 10.6. The molecule has 0 fully saturated rings. The van der Waals surface area contributed by atoms with Gasteiger partial charge in [0.2, 0.25) is 0 Å². The van der Waals surface area contributed by atoms with Crippen LogP contribution in [0.4, 0.5) is 0 Å². The smallest absolute Gasteiger partial charge is 0.328 e. The van der Waals surface area contributed by atoms with Gasteiger partial charge < -0.3 is 14.7 Å². The second kappa shape index (κ2) is 8.47. The molecule has 0 aliphatic rings. The number of carboxylic acid groups (broad SMARTS) is 1. The summed E-state index contributed by atoms with van der Waals surface area (Å²) in [6.07, 6.45) is 3.89. The molecule has 0 unspecified atom stereocenters. The zero-order valence-corrected chi connectivity index (χ0v) is 13.3. The van der Waals surface area contributed by atoms with Gasteiger partial charge in [0.05, 0.1) is 7.11 Å². The summed E-state index contributed by atoms with van der Waals surface area (Å²) in [6.45, 7) is 6.23. The Balaban J connectivity index is 2.82. The fourth-order valence-electron chi connectivity index (χ4n) is 2.04. The van der Waals surface area contributed by atoms with Crippen molar-refractivity contribution in [2.24, 2.45) is 5.92 Å². The number of nitrogens with zero attached hydrogens (tertiary/aromatic N) is 1. The van der Waals surface area contributed by atoms with E-state index in [4.69, 9.17) is 9.84 Å². The van der Waals surface area contributed by atoms with E-state index in [1.54, 1.807) is 13.2 Å². The first kappa shape index (κ1) is 17.2. The topological polar surface area (TPSA) is 49.8 Å². The molecule has 0 aliphatic heterocycles. The summed E-state index contributed by atoms with van der Waals surface area (Å²) in [4.78, 5) is 12.8. The lowest BCUT2D eigenvalue weighted by Gasteiger charge is -2.19. The number of hydrogen-bond donors (Lipinski definition) is 1. The van der Waals surface area contributed by atoms with Crippen molar-refractivity contribution in [2.45, 2.75) is 26.8 Å². The lowest BCUT2D eigenvalue weighted by atomic mass is 10.1. The first-order valence-corrected chi connectivity index (χ1v) is 7.18. The predicted molar refractivity (Wildman–Crippen MR) is 85.5 cm³/mol. The quantitative estimate of drug-likeness (QED) is 0.747. The molecule has 0 saturated heterocycles. The van der Waals surface area contributed by atoms with Crippen LogP contribution in [0.1, 0.15) is 31.4 Å². The van der Waals surface area contributed by atoms with Crippen LogP contribution in [0, 0.1) is 5.92 Å². The Kier molecular flexibility index (Phi) is 6.96. The maximum absolute atomic E-state index is 10.6. The molecular formula is C17H25NO3. The summed E-state index contributed by atoms with van der Waals surface area (Å²) in [5, 5.41) is 8.69. The Bertz CT molecular complexity index is 495. The standard InChI is InChI=1S/C17H25NO3/c1-13(2)9-10-18(3)12-15-11-14(6-8-17(19)20)5-7-16(15)21-4/h5-8,11,13H,9-10,12H2,1-4H3,(H,19,20). The first-order chi connectivity index (χ1) is 9.92. The average molecular weight is 291 g/mol. The third kappa shape index (κ3) is 6.45. The van der Waals surface area contributed by atoms with E-state index in [0.29, 0.717) is 5.92 Å². The summed E-state index contributed by atoms with van der Waals surface area (Å²) >= 11 is 0. The number of benzene rings is 1. The van der Waals surface area contributed by atoms with Crippen LogP contribution in [0.5, 0.6) is 5.75 Å². The van der Waals surface area contributed by atoms with Crippen molar-refractivity contribution in [3.63, 3.8) is 0 Å². The van der Waals surface area contributed by atoms with Gasteiger partial charge in [0, 0.05) is 18.2 Å². The fourth-order valence-corrected chi connectivity index (χ4v) is 2.04. The molecule has 0 saturated carbocycles. The average Bonchev–Trinajstić information content (AvgIpc) is 2.43. The SMILES string of the molecule is COc1ccc(C=CC(=O)O)cc1CN(C)CCC(C)C. The second-order valence-electron chi connectivity index (χ2n) is 5.66. The van der Waals surface area contributed by atoms with Crippen LogP contribution in [0.3, 0.4) is 0 Å². The number of methoxy groups -OCH3 is 1. The van der Waals surface area contributed by atoms with E-state index in [2.05, 4.69) is 25.8 Å². The van der Waals surface area contributed by atoms with Crippen molar-refractivity contribution in [3.8, 4) is 5.75 Å². The number of rotatable bonds is 8. The third-order valence-corrected chi connectivity index (χ3v) is 3.25. The predicted octanol–water partition coefficient (Wildman–Crippen LogP) is 3.27. The zero-order chi connectivity index (χ0) is 15.8. The van der Waals surface area contributed by atoms with Crippen LogP contribution in [-0.2, 0) is 11.3 Å². The molecule has 1 N–H and O–H groups in total. The number of aliphatic carboxylic acids is 1. The molecule has 0 aliphatic carbocycles. The van der Waals surface area contributed by atoms with Gasteiger partial charge in [-0.05, 0) is 49.7 Å². The second-order valence-corrected chi connectivity index (χ2v) is 5.66. The van der Waals surface area contributed by atoms with Crippen molar-refractivity contribution in [1.29, 1.82) is 0 Å². The van der Waals surface area contributed by atoms with E-state index in [1.165, 1.54) is 0 Å². The Hall–Kier alpha value is -1.81. The highest BCUT2D eigenvalue weighted by molar-refractivity contribution is 5.85. The summed E-state index contributed by atoms with van der Waals surface area (Å²) in [7, 11) is 3.74. The molecule has 4 nitrogen and oxygen atoms in total. The third-order valence-electron chi connectivity index (χ3n) is 3.25. The van der Waals surface area contributed by atoms with Crippen molar-refractivity contribution in [1.82, 2.24) is 4.90 Å². The van der Waals surface area contributed by atoms with Gasteiger partial charge in [-0.1, -0.05) is 19.9 Å². The van der Waals surface area contributed by atoms with Crippen LogP contribution in [-0.4, -0.2) is 36.7 Å². The monoisotopic (exact) mass is 291 g/mol. The highest BCUT2D eigenvalue weighted by Crippen LogP contribution is 2.22. The minimum absolute atomic E-state index is 0.680. The largest absolute Gasteiger partial charge is 0.496 e. The van der Waals surface area contributed by atoms with E-state index in [0.717, 1.165) is 42.5 Å². The zero-order valence-electron chi connectivity index (χ0n) is 13.3. The number of hydrogen-bond acceptors (Lipinski definition) is 3. The summed E-state index contributed by atoms with van der Waals surface area (Å²) in [5.74, 6) is 0.569. The van der Waals surface area contributed by atoms with Gasteiger partial charge >= 0.3 is 5.97 Å². The summed E-state index contributed by atoms with van der Waals surface area (Å²) < 4.78 is 5.39. The molecular weight excluding hydrogens is 266 g/mol. The Labute approximate surface area is 127 Å². The van der Waals surface area contributed by atoms with Gasteiger partial charge in [-0.2, -0.15) is 0 Å². The molecule has 4 heteroatoms. The Morgan fingerprint density at radius 1 is 1.43 bits per heavy atom. The van der Waals surface area contributed by atoms with Crippen molar-refractivity contribution in [2.75, 3.05) is 20.7 Å². The first-order valence-electron chi connectivity index (χ1n) is 7.18. The van der Waals surface area contributed by atoms with E-state index < -0.39 is 5.97 Å². The minimum Gasteiger partial charge on any atom is -0.496 e. The molecule has 0 heterocycles. The van der Waals surface area contributed by atoms with Gasteiger partial charge in [0.15, 0.2) is 0 Å². The summed E-state index contributed by atoms with van der Waals surface area (Å²) in [6, 6.07) is 5.72. The lowest BCUT2D eigenvalue weighted by Crippen LogP contribution is -2.20. The van der Waals surface area contributed by atoms with Gasteiger partial charge in [-0.25, -0.2) is 4.79 Å². The Morgan fingerprint density at radius 2 is 2.14 bits per heavy atom. The van der Waals surface area contributed by atoms with Crippen molar-refractivity contribution < 1.29 is 14.6 Å². The van der Waals surface area contributed by atoms with Gasteiger partial charge in [0.1, 0.15) is 5.75 Å². The highest BCUT2D eigenvalue weighted by Gasteiger charge is 2.08. The lowest BCUT2D eigenvalue weighted by molar-refractivity contribution is -0.131. The Morgan fingerprint density at radius 3 is 2.71 bits per heavy atom. The van der Waals surface area contributed by atoms with Gasteiger partial charge in [-0.3, -0.25) is 0 Å². The molecule has 0 atom stereocenters. The number of carbonyl (C=O) groups is 1. The molecule has 0 amide bonds. The van der Waals surface area contributed by atoms with Crippen LogP contribution in [0.2, 0.25) is 0 Å². The molecule has 1 rings (SSSR count).